The third-order valence-corrected chi connectivity index (χ3v) is 4.23. The minimum Gasteiger partial charge on any atom is -0.369 e. The number of rotatable bonds is 7. The van der Waals surface area contributed by atoms with E-state index in [4.69, 9.17) is 0 Å². The molecule has 0 atom stereocenters. The van der Waals surface area contributed by atoms with Crippen molar-refractivity contribution in [2.75, 3.05) is 32.5 Å². The summed E-state index contributed by atoms with van der Waals surface area (Å²) in [6.45, 7) is 3.56. The van der Waals surface area contributed by atoms with Gasteiger partial charge in [-0.05, 0) is 39.8 Å². The minimum atomic E-state index is -0.157. The second kappa shape index (κ2) is 6.85. The highest BCUT2D eigenvalue weighted by molar-refractivity contribution is 5.92. The normalized spacial score (nSPS) is 16.4. The molecule has 1 aliphatic carbocycles. The fourth-order valence-corrected chi connectivity index (χ4v) is 2.52. The molecule has 1 heterocycles. The number of hydrogen-bond donors (Lipinski definition) is 2. The molecular weight excluding hydrogens is 266 g/mol. The molecule has 0 spiro atoms. The largest absolute Gasteiger partial charge is 0.369 e. The summed E-state index contributed by atoms with van der Waals surface area (Å²) >= 11 is 0. The van der Waals surface area contributed by atoms with Crippen LogP contribution in [0.4, 0.5) is 5.82 Å². The lowest BCUT2D eigenvalue weighted by atomic mass is 9.75. The quantitative estimate of drug-likeness (QED) is 0.797. The van der Waals surface area contributed by atoms with Gasteiger partial charge in [0.2, 0.25) is 0 Å². The molecule has 2 N–H and O–H groups in total. The summed E-state index contributed by atoms with van der Waals surface area (Å²) in [6.07, 6.45) is 7.64. The van der Waals surface area contributed by atoms with E-state index in [1.54, 1.807) is 6.20 Å². The van der Waals surface area contributed by atoms with Crippen LogP contribution in [0.3, 0.4) is 0 Å². The lowest BCUT2D eigenvalue weighted by Gasteiger charge is -2.47. The summed E-state index contributed by atoms with van der Waals surface area (Å²) in [7, 11) is 4.14. The van der Waals surface area contributed by atoms with Crippen molar-refractivity contribution in [2.24, 2.45) is 0 Å². The number of anilines is 1. The van der Waals surface area contributed by atoms with Crippen molar-refractivity contribution < 1.29 is 4.79 Å². The Hall–Kier alpha value is -1.69. The summed E-state index contributed by atoms with van der Waals surface area (Å²) in [6, 6.07) is 0. The second-order valence-electron chi connectivity index (χ2n) is 5.87. The fraction of sp³-hybridized carbons (Fsp3) is 0.667. The predicted octanol–water partition coefficient (Wildman–Crippen LogP) is 1.51. The Morgan fingerprint density at radius 1 is 1.38 bits per heavy atom. The molecule has 6 heteroatoms. The Bertz CT molecular complexity index is 485. The number of amides is 1. The molecule has 0 radical (unpaired) electrons. The smallest absolute Gasteiger partial charge is 0.271 e. The number of hydrogen-bond acceptors (Lipinski definition) is 5. The number of carbonyl (C=O) groups excluding carboxylic acids is 1. The number of nitrogens with zero attached hydrogens (tertiary/aromatic N) is 3. The van der Waals surface area contributed by atoms with Crippen molar-refractivity contribution in [3.05, 3.63) is 18.1 Å². The van der Waals surface area contributed by atoms with Crippen molar-refractivity contribution in [1.82, 2.24) is 20.2 Å². The van der Waals surface area contributed by atoms with Gasteiger partial charge in [0.1, 0.15) is 11.5 Å². The first-order valence-corrected chi connectivity index (χ1v) is 7.59. The zero-order valence-corrected chi connectivity index (χ0v) is 13.1. The maximum absolute atomic E-state index is 12.2. The Morgan fingerprint density at radius 2 is 2.14 bits per heavy atom. The van der Waals surface area contributed by atoms with E-state index in [-0.39, 0.29) is 11.4 Å². The van der Waals surface area contributed by atoms with Crippen LogP contribution in [0.5, 0.6) is 0 Å². The van der Waals surface area contributed by atoms with Gasteiger partial charge in [-0.15, -0.1) is 0 Å². The van der Waals surface area contributed by atoms with E-state index in [0.717, 1.165) is 25.8 Å². The van der Waals surface area contributed by atoms with Crippen LogP contribution >= 0.6 is 0 Å². The zero-order chi connectivity index (χ0) is 15.3. The molecule has 1 amide bonds. The van der Waals surface area contributed by atoms with Crippen LogP contribution in [0.25, 0.3) is 0 Å². The van der Waals surface area contributed by atoms with E-state index in [1.807, 2.05) is 0 Å². The molecule has 21 heavy (non-hydrogen) atoms. The Balaban J connectivity index is 1.94. The number of carbonyl (C=O) groups is 1. The SMILES string of the molecule is CCCNc1cncc(C(=O)NCC2(N(C)C)CCC2)n1. The lowest BCUT2D eigenvalue weighted by molar-refractivity contribution is 0.0556. The summed E-state index contributed by atoms with van der Waals surface area (Å²) in [5.41, 5.74) is 0.477. The number of nitrogens with one attached hydrogen (secondary N) is 2. The van der Waals surface area contributed by atoms with Crippen molar-refractivity contribution in [2.45, 2.75) is 38.1 Å². The molecular formula is C15H25N5O. The van der Waals surface area contributed by atoms with Gasteiger partial charge >= 0.3 is 0 Å². The Morgan fingerprint density at radius 3 is 2.71 bits per heavy atom. The molecule has 0 saturated heterocycles. The first kappa shape index (κ1) is 15.7. The first-order chi connectivity index (χ1) is 10.1. The van der Waals surface area contributed by atoms with E-state index in [0.29, 0.717) is 18.1 Å². The van der Waals surface area contributed by atoms with E-state index < -0.39 is 0 Å². The summed E-state index contributed by atoms with van der Waals surface area (Å²) in [5, 5.41) is 6.14. The molecule has 1 aliphatic rings. The van der Waals surface area contributed by atoms with Gasteiger partial charge in [0.15, 0.2) is 0 Å². The maximum Gasteiger partial charge on any atom is 0.271 e. The van der Waals surface area contributed by atoms with Gasteiger partial charge in [-0.1, -0.05) is 6.92 Å². The molecule has 2 rings (SSSR count). The molecule has 1 aromatic heterocycles. The van der Waals surface area contributed by atoms with Gasteiger partial charge in [0.25, 0.3) is 5.91 Å². The zero-order valence-electron chi connectivity index (χ0n) is 13.1. The van der Waals surface area contributed by atoms with Crippen molar-refractivity contribution >= 4 is 11.7 Å². The van der Waals surface area contributed by atoms with Gasteiger partial charge in [0, 0.05) is 18.6 Å². The van der Waals surface area contributed by atoms with Crippen molar-refractivity contribution in [1.29, 1.82) is 0 Å². The molecule has 1 aromatic rings. The third-order valence-electron chi connectivity index (χ3n) is 4.23. The second-order valence-corrected chi connectivity index (χ2v) is 5.87. The average molecular weight is 291 g/mol. The molecule has 0 aromatic carbocycles. The van der Waals surface area contributed by atoms with Crippen LogP contribution in [0, 0.1) is 0 Å². The summed E-state index contributed by atoms with van der Waals surface area (Å²) < 4.78 is 0. The predicted molar refractivity (Wildman–Crippen MR) is 83.4 cm³/mol. The monoisotopic (exact) mass is 291 g/mol. The van der Waals surface area contributed by atoms with E-state index in [2.05, 4.69) is 46.5 Å². The number of aromatic nitrogens is 2. The minimum absolute atomic E-state index is 0.112. The topological polar surface area (TPSA) is 70.2 Å². The highest BCUT2D eigenvalue weighted by atomic mass is 16.1. The fourth-order valence-electron chi connectivity index (χ4n) is 2.52. The van der Waals surface area contributed by atoms with Gasteiger partial charge in [0.05, 0.1) is 12.4 Å². The summed E-state index contributed by atoms with van der Waals surface area (Å²) in [5.74, 6) is 0.492. The molecule has 6 nitrogen and oxygen atoms in total. The first-order valence-electron chi connectivity index (χ1n) is 7.59. The average Bonchev–Trinajstić information content (AvgIpc) is 2.43. The van der Waals surface area contributed by atoms with E-state index in [9.17, 15) is 4.79 Å². The standard InChI is InChI=1S/C15H25N5O/c1-4-8-17-13-10-16-9-12(19-13)14(21)18-11-15(20(2)3)6-5-7-15/h9-10H,4-8,11H2,1-3H3,(H,17,19)(H,18,21). The third kappa shape index (κ3) is 3.69. The Labute approximate surface area is 126 Å². The van der Waals surface area contributed by atoms with Crippen molar-refractivity contribution in [3.63, 3.8) is 0 Å². The summed E-state index contributed by atoms with van der Waals surface area (Å²) in [4.78, 5) is 22.8. The van der Waals surface area contributed by atoms with Gasteiger partial charge in [-0.3, -0.25) is 9.78 Å². The molecule has 0 unspecified atom stereocenters. The van der Waals surface area contributed by atoms with Crippen LogP contribution in [0.1, 0.15) is 43.1 Å². The molecule has 0 bridgehead atoms. The van der Waals surface area contributed by atoms with Gasteiger partial charge in [-0.25, -0.2) is 4.98 Å². The van der Waals surface area contributed by atoms with E-state index in [1.165, 1.54) is 12.6 Å². The highest BCUT2D eigenvalue weighted by Crippen LogP contribution is 2.35. The number of likely N-dealkylation sites (N-methyl/N-ethyl adjacent to an activating group) is 1. The van der Waals surface area contributed by atoms with Crippen LogP contribution in [-0.4, -0.2) is 53.5 Å². The Kier molecular flexibility index (Phi) is 5.12. The van der Waals surface area contributed by atoms with Crippen molar-refractivity contribution in [3.8, 4) is 0 Å². The van der Waals surface area contributed by atoms with E-state index >= 15 is 0 Å². The van der Waals surface area contributed by atoms with Crippen LogP contribution in [0.2, 0.25) is 0 Å². The maximum atomic E-state index is 12.2. The molecule has 0 aliphatic heterocycles. The molecule has 116 valence electrons. The molecule has 1 saturated carbocycles. The van der Waals surface area contributed by atoms with Crippen LogP contribution in [0.15, 0.2) is 12.4 Å². The van der Waals surface area contributed by atoms with Crippen LogP contribution < -0.4 is 10.6 Å². The highest BCUT2D eigenvalue weighted by Gasteiger charge is 2.39. The molecule has 1 fully saturated rings. The van der Waals surface area contributed by atoms with Gasteiger partial charge < -0.3 is 15.5 Å². The van der Waals surface area contributed by atoms with Crippen LogP contribution in [-0.2, 0) is 0 Å². The lowest BCUT2D eigenvalue weighted by Crippen LogP contribution is -2.57. The van der Waals surface area contributed by atoms with Gasteiger partial charge in [-0.2, -0.15) is 0 Å².